The Morgan fingerprint density at radius 1 is 1.17 bits per heavy atom. The Morgan fingerprint density at radius 2 is 1.92 bits per heavy atom. The van der Waals surface area contributed by atoms with E-state index in [1.807, 2.05) is 24.3 Å². The van der Waals surface area contributed by atoms with Crippen LogP contribution in [0.2, 0.25) is 0 Å². The lowest BCUT2D eigenvalue weighted by molar-refractivity contribution is -0.110. The predicted octanol–water partition coefficient (Wildman–Crippen LogP) is 3.29. The van der Waals surface area contributed by atoms with E-state index in [2.05, 4.69) is 16.0 Å². The number of anilines is 3. The van der Waals surface area contributed by atoms with Gasteiger partial charge >= 0.3 is 0 Å². The molecule has 3 N–H and O–H groups in total. The summed E-state index contributed by atoms with van der Waals surface area (Å²) < 4.78 is 18.4. The van der Waals surface area contributed by atoms with Gasteiger partial charge in [-0.25, -0.2) is 4.39 Å². The molecule has 124 valence electrons. The van der Waals surface area contributed by atoms with Crippen molar-refractivity contribution in [3.8, 4) is 0 Å². The van der Waals surface area contributed by atoms with E-state index in [1.54, 1.807) is 19.4 Å². The third-order valence-electron chi connectivity index (χ3n) is 3.67. The highest BCUT2D eigenvalue weighted by molar-refractivity contribution is 6.31. The van der Waals surface area contributed by atoms with Gasteiger partial charge in [0.1, 0.15) is 5.82 Å². The van der Waals surface area contributed by atoms with Crippen molar-refractivity contribution in [1.82, 2.24) is 0 Å². The molecule has 1 aliphatic heterocycles. The van der Waals surface area contributed by atoms with E-state index >= 15 is 0 Å². The van der Waals surface area contributed by atoms with Gasteiger partial charge in [0.25, 0.3) is 5.91 Å². The molecule has 3 rings (SSSR count). The van der Waals surface area contributed by atoms with Gasteiger partial charge in [0, 0.05) is 42.5 Å². The summed E-state index contributed by atoms with van der Waals surface area (Å²) in [5.74, 6) is -0.622. The van der Waals surface area contributed by atoms with Crippen molar-refractivity contribution in [1.29, 1.82) is 0 Å². The average Bonchev–Trinajstić information content (AvgIpc) is 2.89. The van der Waals surface area contributed by atoms with Gasteiger partial charge in [0.2, 0.25) is 0 Å². The number of carbonyl (C=O) groups excluding carboxylic acids is 1. The van der Waals surface area contributed by atoms with E-state index in [1.165, 1.54) is 12.1 Å². The second-order valence-corrected chi connectivity index (χ2v) is 5.34. The van der Waals surface area contributed by atoms with E-state index in [4.69, 9.17) is 4.74 Å². The molecule has 1 heterocycles. The van der Waals surface area contributed by atoms with Gasteiger partial charge in [-0.15, -0.1) is 0 Å². The van der Waals surface area contributed by atoms with Crippen molar-refractivity contribution in [2.45, 2.75) is 0 Å². The summed E-state index contributed by atoms with van der Waals surface area (Å²) in [6.45, 7) is 1.37. The molecule has 0 aromatic heterocycles. The average molecular weight is 327 g/mol. The van der Waals surface area contributed by atoms with Crippen LogP contribution < -0.4 is 16.0 Å². The highest BCUT2D eigenvalue weighted by atomic mass is 19.1. The first-order chi connectivity index (χ1) is 11.7. The second kappa shape index (κ2) is 7.14. The number of amides is 1. The van der Waals surface area contributed by atoms with Gasteiger partial charge in [-0.1, -0.05) is 0 Å². The molecule has 0 atom stereocenters. The lowest BCUT2D eigenvalue weighted by Crippen LogP contribution is -2.07. The molecule has 0 unspecified atom stereocenters. The Labute approximate surface area is 139 Å². The maximum absolute atomic E-state index is 13.4. The Kier molecular flexibility index (Phi) is 4.77. The largest absolute Gasteiger partial charge is 0.383 e. The zero-order valence-corrected chi connectivity index (χ0v) is 13.2. The summed E-state index contributed by atoms with van der Waals surface area (Å²) in [6, 6.07) is 11.9. The van der Waals surface area contributed by atoms with Crippen LogP contribution in [0.3, 0.4) is 0 Å². The number of hydrogen-bond donors (Lipinski definition) is 3. The van der Waals surface area contributed by atoms with Crippen LogP contribution in [0, 0.1) is 5.82 Å². The first-order valence-corrected chi connectivity index (χ1v) is 7.58. The number of benzene rings is 2. The van der Waals surface area contributed by atoms with E-state index in [9.17, 15) is 9.18 Å². The fourth-order valence-electron chi connectivity index (χ4n) is 2.44. The number of carbonyl (C=O) groups is 1. The maximum Gasteiger partial charge on any atom is 0.257 e. The van der Waals surface area contributed by atoms with Crippen molar-refractivity contribution in [3.05, 3.63) is 60.0 Å². The molecule has 1 amide bonds. The van der Waals surface area contributed by atoms with Gasteiger partial charge in [0.15, 0.2) is 0 Å². The molecule has 5 nitrogen and oxygen atoms in total. The smallest absolute Gasteiger partial charge is 0.257 e. The highest BCUT2D eigenvalue weighted by Crippen LogP contribution is 2.32. The number of hydrogen-bond acceptors (Lipinski definition) is 4. The SMILES string of the molecule is COCCNc1ccc(NC=C2C(=O)Nc3ccc(F)cc32)cc1. The van der Waals surface area contributed by atoms with Gasteiger partial charge in [-0.2, -0.15) is 0 Å². The lowest BCUT2D eigenvalue weighted by Gasteiger charge is -2.07. The number of fused-ring (bicyclic) bond motifs is 1. The van der Waals surface area contributed by atoms with Crippen LogP contribution in [0.4, 0.5) is 21.5 Å². The van der Waals surface area contributed by atoms with Gasteiger partial charge in [0.05, 0.1) is 12.2 Å². The number of methoxy groups -OCH3 is 1. The van der Waals surface area contributed by atoms with E-state index < -0.39 is 0 Å². The summed E-state index contributed by atoms with van der Waals surface area (Å²) in [7, 11) is 1.66. The van der Waals surface area contributed by atoms with E-state index in [0.29, 0.717) is 23.4 Å². The third kappa shape index (κ3) is 3.55. The first-order valence-electron chi connectivity index (χ1n) is 7.58. The summed E-state index contributed by atoms with van der Waals surface area (Å²) in [5, 5.41) is 9.01. The van der Waals surface area contributed by atoms with Crippen LogP contribution in [-0.2, 0) is 9.53 Å². The molecular formula is C18H18FN3O2. The predicted molar refractivity (Wildman–Crippen MR) is 93.4 cm³/mol. The van der Waals surface area contributed by atoms with Crippen molar-refractivity contribution >= 4 is 28.5 Å². The van der Waals surface area contributed by atoms with E-state index in [-0.39, 0.29) is 11.7 Å². The molecule has 24 heavy (non-hydrogen) atoms. The molecule has 0 bridgehead atoms. The summed E-state index contributed by atoms with van der Waals surface area (Å²) in [6.07, 6.45) is 1.59. The van der Waals surface area contributed by atoms with Crippen molar-refractivity contribution < 1.29 is 13.9 Å². The quantitative estimate of drug-likeness (QED) is 0.563. The van der Waals surface area contributed by atoms with Gasteiger partial charge < -0.3 is 20.7 Å². The zero-order chi connectivity index (χ0) is 16.9. The lowest BCUT2D eigenvalue weighted by atomic mass is 10.1. The number of rotatable bonds is 6. The number of nitrogens with one attached hydrogen (secondary N) is 3. The molecular weight excluding hydrogens is 309 g/mol. The molecule has 1 aliphatic rings. The minimum absolute atomic E-state index is 0.249. The van der Waals surface area contributed by atoms with Crippen molar-refractivity contribution in [2.24, 2.45) is 0 Å². The monoisotopic (exact) mass is 327 g/mol. The summed E-state index contributed by atoms with van der Waals surface area (Å²) >= 11 is 0. The zero-order valence-electron chi connectivity index (χ0n) is 13.2. The molecule has 6 heteroatoms. The standard InChI is InChI=1S/C18H18FN3O2/c1-24-9-8-20-13-3-5-14(6-4-13)21-11-16-15-10-12(19)2-7-17(15)22-18(16)23/h2-7,10-11,20-21H,8-9H2,1H3,(H,22,23). The number of ether oxygens (including phenoxy) is 1. The Hall–Kier alpha value is -2.86. The Morgan fingerprint density at radius 3 is 2.67 bits per heavy atom. The van der Waals surface area contributed by atoms with Crippen LogP contribution >= 0.6 is 0 Å². The Balaban J connectivity index is 1.70. The molecule has 0 saturated heterocycles. The molecule has 2 aromatic carbocycles. The fourth-order valence-corrected chi connectivity index (χ4v) is 2.44. The second-order valence-electron chi connectivity index (χ2n) is 5.34. The topological polar surface area (TPSA) is 62.4 Å². The molecule has 0 fully saturated rings. The van der Waals surface area contributed by atoms with Crippen LogP contribution in [0.1, 0.15) is 5.56 Å². The van der Waals surface area contributed by atoms with Crippen LogP contribution in [0.5, 0.6) is 0 Å². The van der Waals surface area contributed by atoms with Crippen LogP contribution in [-0.4, -0.2) is 26.2 Å². The normalized spacial score (nSPS) is 14.4. The highest BCUT2D eigenvalue weighted by Gasteiger charge is 2.24. The summed E-state index contributed by atoms with van der Waals surface area (Å²) in [5.41, 5.74) is 3.40. The van der Waals surface area contributed by atoms with E-state index in [0.717, 1.165) is 17.9 Å². The molecule has 0 saturated carbocycles. The van der Waals surface area contributed by atoms with Crippen molar-refractivity contribution in [3.63, 3.8) is 0 Å². The maximum atomic E-state index is 13.4. The first kappa shape index (κ1) is 16.0. The van der Waals surface area contributed by atoms with Gasteiger partial charge in [-0.3, -0.25) is 4.79 Å². The fraction of sp³-hybridized carbons (Fsp3) is 0.167. The molecule has 0 radical (unpaired) electrons. The van der Waals surface area contributed by atoms with Gasteiger partial charge in [-0.05, 0) is 42.5 Å². The third-order valence-corrected chi connectivity index (χ3v) is 3.67. The summed E-state index contributed by atoms with van der Waals surface area (Å²) in [4.78, 5) is 12.0. The Bertz CT molecular complexity index is 772. The van der Waals surface area contributed by atoms with Crippen molar-refractivity contribution in [2.75, 3.05) is 36.2 Å². The van der Waals surface area contributed by atoms with Crippen LogP contribution in [0.15, 0.2) is 48.7 Å². The molecule has 0 aliphatic carbocycles. The number of halogens is 1. The minimum Gasteiger partial charge on any atom is -0.383 e. The minimum atomic E-state index is -0.373. The molecule has 0 spiro atoms. The molecule has 2 aromatic rings. The van der Waals surface area contributed by atoms with Crippen LogP contribution in [0.25, 0.3) is 5.57 Å².